The fourth-order valence-electron chi connectivity index (χ4n) is 4.30. The first-order valence-corrected chi connectivity index (χ1v) is 9.42. The zero-order valence-electron chi connectivity index (χ0n) is 15.0. The highest BCUT2D eigenvalue weighted by Gasteiger charge is 2.41. The average Bonchev–Trinajstić information content (AvgIpc) is 2.67. The maximum absolute atomic E-state index is 6.55. The zero-order valence-corrected chi connectivity index (χ0v) is 15.0. The SMILES string of the molecule is COc1ccc2c(c1)C(NCc1ccccc1)CC1(CCCCC1)O2. The molecule has 1 N–H and O–H groups in total. The van der Waals surface area contributed by atoms with Crippen LogP contribution in [0.15, 0.2) is 48.5 Å². The maximum Gasteiger partial charge on any atom is 0.125 e. The predicted molar refractivity (Wildman–Crippen MR) is 100 cm³/mol. The van der Waals surface area contributed by atoms with Crippen molar-refractivity contribution in [1.29, 1.82) is 0 Å². The molecular weight excluding hydrogens is 310 g/mol. The molecule has 0 amide bonds. The van der Waals surface area contributed by atoms with Crippen molar-refractivity contribution < 1.29 is 9.47 Å². The number of methoxy groups -OCH3 is 1. The van der Waals surface area contributed by atoms with E-state index >= 15 is 0 Å². The summed E-state index contributed by atoms with van der Waals surface area (Å²) in [4.78, 5) is 0. The van der Waals surface area contributed by atoms with Crippen molar-refractivity contribution in [2.45, 2.75) is 56.7 Å². The molecule has 1 atom stereocenters. The number of benzene rings is 2. The summed E-state index contributed by atoms with van der Waals surface area (Å²) in [5, 5.41) is 3.78. The molecule has 0 aromatic heterocycles. The monoisotopic (exact) mass is 337 g/mol. The van der Waals surface area contributed by atoms with Crippen LogP contribution in [0.4, 0.5) is 0 Å². The topological polar surface area (TPSA) is 30.5 Å². The van der Waals surface area contributed by atoms with Crippen molar-refractivity contribution in [3.63, 3.8) is 0 Å². The van der Waals surface area contributed by atoms with Crippen molar-refractivity contribution in [2.75, 3.05) is 7.11 Å². The van der Waals surface area contributed by atoms with Gasteiger partial charge in [-0.3, -0.25) is 0 Å². The van der Waals surface area contributed by atoms with Gasteiger partial charge >= 0.3 is 0 Å². The number of ether oxygens (including phenoxy) is 2. The highest BCUT2D eigenvalue weighted by atomic mass is 16.5. The van der Waals surface area contributed by atoms with Gasteiger partial charge in [-0.25, -0.2) is 0 Å². The molecular formula is C22H27NO2. The Labute approximate surface area is 150 Å². The minimum absolute atomic E-state index is 0.00813. The van der Waals surface area contributed by atoms with Crippen LogP contribution in [0, 0.1) is 0 Å². The van der Waals surface area contributed by atoms with Crippen LogP contribution >= 0.6 is 0 Å². The van der Waals surface area contributed by atoms with Crippen LogP contribution in [0.1, 0.15) is 55.7 Å². The summed E-state index contributed by atoms with van der Waals surface area (Å²) in [5.41, 5.74) is 2.55. The van der Waals surface area contributed by atoms with Crippen LogP contribution in [0.5, 0.6) is 11.5 Å². The van der Waals surface area contributed by atoms with Crippen LogP contribution in [0.2, 0.25) is 0 Å². The molecule has 0 radical (unpaired) electrons. The quantitative estimate of drug-likeness (QED) is 0.850. The molecule has 1 spiro atoms. The van der Waals surface area contributed by atoms with E-state index in [1.54, 1.807) is 7.11 Å². The molecule has 2 aromatic carbocycles. The van der Waals surface area contributed by atoms with Gasteiger partial charge in [0, 0.05) is 24.6 Å². The van der Waals surface area contributed by atoms with Crippen molar-refractivity contribution in [3.05, 3.63) is 59.7 Å². The lowest BCUT2D eigenvalue weighted by molar-refractivity contribution is -0.00300. The molecule has 132 valence electrons. The fourth-order valence-corrected chi connectivity index (χ4v) is 4.30. The standard InChI is InChI=1S/C22H27NO2/c1-24-18-10-11-21-19(14-18)20(23-16-17-8-4-2-5-9-17)15-22(25-21)12-6-3-7-13-22/h2,4-5,8-11,14,20,23H,3,6-7,12-13,15-16H2,1H3. The molecule has 2 aliphatic rings. The lowest BCUT2D eigenvalue weighted by Gasteiger charge is -2.45. The Morgan fingerprint density at radius 2 is 1.88 bits per heavy atom. The van der Waals surface area contributed by atoms with Crippen LogP contribution < -0.4 is 14.8 Å². The first-order chi connectivity index (χ1) is 12.3. The van der Waals surface area contributed by atoms with Crippen molar-refractivity contribution in [3.8, 4) is 11.5 Å². The minimum Gasteiger partial charge on any atom is -0.497 e. The second kappa shape index (κ2) is 7.09. The molecule has 4 rings (SSSR count). The number of hydrogen-bond acceptors (Lipinski definition) is 3. The van der Waals surface area contributed by atoms with Gasteiger partial charge in [0.2, 0.25) is 0 Å². The number of rotatable bonds is 4. The smallest absolute Gasteiger partial charge is 0.125 e. The summed E-state index contributed by atoms with van der Waals surface area (Å²) in [6, 6.07) is 17.1. The molecule has 0 bridgehead atoms. The second-order valence-electron chi connectivity index (χ2n) is 7.37. The molecule has 2 aromatic rings. The first-order valence-electron chi connectivity index (χ1n) is 9.42. The number of hydrogen-bond donors (Lipinski definition) is 1. The Bertz CT molecular complexity index is 707. The summed E-state index contributed by atoms with van der Waals surface area (Å²) in [6.45, 7) is 0.873. The third-order valence-corrected chi connectivity index (χ3v) is 5.66. The van der Waals surface area contributed by atoms with Crippen LogP contribution in [-0.4, -0.2) is 12.7 Å². The van der Waals surface area contributed by atoms with E-state index in [2.05, 4.69) is 47.8 Å². The van der Waals surface area contributed by atoms with Crippen LogP contribution in [-0.2, 0) is 6.54 Å². The van der Waals surface area contributed by atoms with Gasteiger partial charge in [-0.05, 0) is 49.4 Å². The Balaban J connectivity index is 1.60. The largest absolute Gasteiger partial charge is 0.497 e. The zero-order chi connectivity index (χ0) is 17.1. The molecule has 25 heavy (non-hydrogen) atoms. The lowest BCUT2D eigenvalue weighted by Crippen LogP contribution is -2.45. The lowest BCUT2D eigenvalue weighted by atomic mass is 9.77. The van der Waals surface area contributed by atoms with Gasteiger partial charge in [-0.2, -0.15) is 0 Å². The van der Waals surface area contributed by atoms with E-state index in [9.17, 15) is 0 Å². The first kappa shape index (κ1) is 16.5. The highest BCUT2D eigenvalue weighted by Crippen LogP contribution is 2.47. The van der Waals surface area contributed by atoms with Gasteiger partial charge in [0.15, 0.2) is 0 Å². The Kier molecular flexibility index (Phi) is 4.67. The average molecular weight is 337 g/mol. The van der Waals surface area contributed by atoms with E-state index in [1.165, 1.54) is 43.2 Å². The van der Waals surface area contributed by atoms with Crippen molar-refractivity contribution in [1.82, 2.24) is 5.32 Å². The Hall–Kier alpha value is -2.00. The van der Waals surface area contributed by atoms with Gasteiger partial charge in [0.05, 0.1) is 7.11 Å². The fraction of sp³-hybridized carbons (Fsp3) is 0.455. The molecule has 1 aliphatic carbocycles. The van der Waals surface area contributed by atoms with Crippen molar-refractivity contribution in [2.24, 2.45) is 0 Å². The maximum atomic E-state index is 6.55. The molecule has 3 nitrogen and oxygen atoms in total. The molecule has 0 saturated heterocycles. The molecule has 1 saturated carbocycles. The summed E-state index contributed by atoms with van der Waals surface area (Å²) >= 11 is 0. The molecule has 1 aliphatic heterocycles. The van der Waals surface area contributed by atoms with E-state index in [-0.39, 0.29) is 5.60 Å². The summed E-state index contributed by atoms with van der Waals surface area (Å²) in [6.07, 6.45) is 7.26. The second-order valence-corrected chi connectivity index (χ2v) is 7.37. The van der Waals surface area contributed by atoms with Crippen LogP contribution in [0.25, 0.3) is 0 Å². The van der Waals surface area contributed by atoms with E-state index in [0.717, 1.165) is 24.5 Å². The van der Waals surface area contributed by atoms with Gasteiger partial charge in [0.1, 0.15) is 17.1 Å². The normalized spacial score (nSPS) is 21.4. The molecule has 3 heteroatoms. The molecule has 1 heterocycles. The van der Waals surface area contributed by atoms with Crippen molar-refractivity contribution >= 4 is 0 Å². The van der Waals surface area contributed by atoms with Gasteiger partial charge in [-0.15, -0.1) is 0 Å². The number of nitrogens with one attached hydrogen (secondary N) is 1. The van der Waals surface area contributed by atoms with Gasteiger partial charge < -0.3 is 14.8 Å². The Morgan fingerprint density at radius 1 is 1.08 bits per heavy atom. The van der Waals surface area contributed by atoms with E-state index in [1.807, 2.05) is 6.07 Å². The van der Waals surface area contributed by atoms with Gasteiger partial charge in [0.25, 0.3) is 0 Å². The molecule has 1 fully saturated rings. The van der Waals surface area contributed by atoms with E-state index in [0.29, 0.717) is 6.04 Å². The minimum atomic E-state index is 0.00813. The predicted octanol–water partition coefficient (Wildman–Crippen LogP) is 5.01. The third kappa shape index (κ3) is 3.52. The van der Waals surface area contributed by atoms with E-state index in [4.69, 9.17) is 9.47 Å². The highest BCUT2D eigenvalue weighted by molar-refractivity contribution is 5.44. The molecule has 1 unspecified atom stereocenters. The van der Waals surface area contributed by atoms with Gasteiger partial charge in [-0.1, -0.05) is 36.8 Å². The third-order valence-electron chi connectivity index (χ3n) is 5.66. The summed E-state index contributed by atoms with van der Waals surface area (Å²) in [5.74, 6) is 1.92. The summed E-state index contributed by atoms with van der Waals surface area (Å²) < 4.78 is 12.0. The van der Waals surface area contributed by atoms with E-state index < -0.39 is 0 Å². The Morgan fingerprint density at radius 3 is 2.64 bits per heavy atom. The number of fused-ring (bicyclic) bond motifs is 1. The van der Waals surface area contributed by atoms with Crippen LogP contribution in [0.3, 0.4) is 0 Å². The summed E-state index contributed by atoms with van der Waals surface area (Å²) in [7, 11) is 1.72.